The molecule has 29 heavy (non-hydrogen) atoms. The summed E-state index contributed by atoms with van der Waals surface area (Å²) in [6.07, 6.45) is 0. The largest absolute Gasteiger partial charge is 0.465 e. The number of carbonyl (C=O) groups is 2. The number of rotatable bonds is 3. The Kier molecular flexibility index (Phi) is 4.91. The van der Waals surface area contributed by atoms with E-state index in [0.29, 0.717) is 27.2 Å². The van der Waals surface area contributed by atoms with Crippen molar-refractivity contribution in [1.82, 2.24) is 4.98 Å². The molecule has 0 aliphatic carbocycles. The third-order valence-electron chi connectivity index (χ3n) is 4.75. The maximum absolute atomic E-state index is 12.9. The van der Waals surface area contributed by atoms with Gasteiger partial charge in [0.05, 0.1) is 31.0 Å². The average molecular weight is 406 g/mol. The van der Waals surface area contributed by atoms with Gasteiger partial charge in [0.25, 0.3) is 0 Å². The third-order valence-corrected chi connectivity index (χ3v) is 4.99. The zero-order chi connectivity index (χ0) is 20.5. The van der Waals surface area contributed by atoms with Crippen molar-refractivity contribution in [1.29, 1.82) is 0 Å². The fourth-order valence-electron chi connectivity index (χ4n) is 3.49. The van der Waals surface area contributed by atoms with Crippen molar-refractivity contribution < 1.29 is 19.1 Å². The molecular weight excluding hydrogens is 390 g/mol. The lowest BCUT2D eigenvalue weighted by Gasteiger charge is -2.16. The van der Waals surface area contributed by atoms with E-state index in [-0.39, 0.29) is 11.1 Å². The van der Waals surface area contributed by atoms with Crippen molar-refractivity contribution in [2.75, 3.05) is 14.2 Å². The number of carbonyl (C=O) groups excluding carboxylic acids is 2. The van der Waals surface area contributed by atoms with Gasteiger partial charge in [0.2, 0.25) is 0 Å². The summed E-state index contributed by atoms with van der Waals surface area (Å²) in [7, 11) is 2.54. The maximum Gasteiger partial charge on any atom is 0.340 e. The van der Waals surface area contributed by atoms with Crippen molar-refractivity contribution in [3.63, 3.8) is 0 Å². The highest BCUT2D eigenvalue weighted by Crippen LogP contribution is 2.35. The lowest BCUT2D eigenvalue weighted by molar-refractivity contribution is 0.0557. The highest BCUT2D eigenvalue weighted by molar-refractivity contribution is 6.31. The summed E-state index contributed by atoms with van der Waals surface area (Å²) in [6.45, 7) is 0. The van der Waals surface area contributed by atoms with Gasteiger partial charge in [0, 0.05) is 16.0 Å². The fraction of sp³-hybridized carbons (Fsp3) is 0.0870. The molecule has 1 heterocycles. The molecule has 5 nitrogen and oxygen atoms in total. The summed E-state index contributed by atoms with van der Waals surface area (Å²) in [6, 6.07) is 18.3. The van der Waals surface area contributed by atoms with Crippen LogP contribution in [-0.2, 0) is 9.47 Å². The molecule has 0 bridgehead atoms. The molecule has 0 unspecified atom stereocenters. The summed E-state index contributed by atoms with van der Waals surface area (Å²) in [5.41, 5.74) is 1.63. The summed E-state index contributed by atoms with van der Waals surface area (Å²) in [4.78, 5) is 30.4. The van der Waals surface area contributed by atoms with E-state index in [9.17, 15) is 9.59 Å². The van der Waals surface area contributed by atoms with Crippen LogP contribution in [0.5, 0.6) is 0 Å². The van der Waals surface area contributed by atoms with E-state index >= 15 is 0 Å². The van der Waals surface area contributed by atoms with E-state index in [2.05, 4.69) is 0 Å². The minimum Gasteiger partial charge on any atom is -0.465 e. The number of aromatic nitrogens is 1. The van der Waals surface area contributed by atoms with E-state index in [1.807, 2.05) is 36.4 Å². The standard InChI is InChI=1S/C23H16ClNO4/c1-28-22(26)19-18-16-9-4-3-6-13(16)10-11-17(18)25-21(20(19)23(27)29-2)14-7-5-8-15(24)12-14/h3-12H,1-2H3. The van der Waals surface area contributed by atoms with Crippen LogP contribution in [0.3, 0.4) is 0 Å². The second-order valence-corrected chi connectivity index (χ2v) is 6.82. The number of methoxy groups -OCH3 is 2. The van der Waals surface area contributed by atoms with Crippen LogP contribution in [0.15, 0.2) is 60.7 Å². The van der Waals surface area contributed by atoms with Gasteiger partial charge in [-0.1, -0.05) is 54.1 Å². The molecule has 6 heteroatoms. The number of halogens is 1. The molecule has 4 aromatic rings. The predicted octanol–water partition coefficient (Wildman–Crippen LogP) is 5.28. The van der Waals surface area contributed by atoms with Gasteiger partial charge in [-0.25, -0.2) is 14.6 Å². The van der Waals surface area contributed by atoms with E-state index in [1.165, 1.54) is 14.2 Å². The van der Waals surface area contributed by atoms with Gasteiger partial charge in [-0.05, 0) is 29.0 Å². The number of esters is 2. The number of benzene rings is 3. The van der Waals surface area contributed by atoms with Crippen LogP contribution < -0.4 is 0 Å². The molecule has 0 aliphatic rings. The minimum atomic E-state index is -0.678. The maximum atomic E-state index is 12.9. The molecule has 0 amide bonds. The second-order valence-electron chi connectivity index (χ2n) is 6.38. The Morgan fingerprint density at radius 2 is 1.59 bits per heavy atom. The molecule has 1 aromatic heterocycles. The monoisotopic (exact) mass is 405 g/mol. The summed E-state index contributed by atoms with van der Waals surface area (Å²) < 4.78 is 10.0. The molecule has 0 radical (unpaired) electrons. The molecule has 0 N–H and O–H groups in total. The molecule has 3 aromatic carbocycles. The number of hydrogen-bond donors (Lipinski definition) is 0. The van der Waals surface area contributed by atoms with Crippen molar-refractivity contribution >= 4 is 45.2 Å². The molecule has 0 saturated carbocycles. The Hall–Kier alpha value is -3.44. The van der Waals surface area contributed by atoms with Gasteiger partial charge in [0.1, 0.15) is 5.56 Å². The molecule has 0 fully saturated rings. The number of pyridine rings is 1. The van der Waals surface area contributed by atoms with Gasteiger partial charge < -0.3 is 9.47 Å². The molecular formula is C23H16ClNO4. The van der Waals surface area contributed by atoms with Crippen LogP contribution in [0.2, 0.25) is 5.02 Å². The number of fused-ring (bicyclic) bond motifs is 3. The second kappa shape index (κ2) is 7.53. The first-order valence-electron chi connectivity index (χ1n) is 8.83. The van der Waals surface area contributed by atoms with Crippen LogP contribution in [0.25, 0.3) is 32.9 Å². The quantitative estimate of drug-likeness (QED) is 0.342. The van der Waals surface area contributed by atoms with Gasteiger partial charge in [0.15, 0.2) is 0 Å². The Bertz CT molecular complexity index is 1280. The Balaban J connectivity index is 2.24. The smallest absolute Gasteiger partial charge is 0.340 e. The van der Waals surface area contributed by atoms with Gasteiger partial charge in [-0.15, -0.1) is 0 Å². The first kappa shape index (κ1) is 18.9. The van der Waals surface area contributed by atoms with Gasteiger partial charge in [-0.3, -0.25) is 0 Å². The summed E-state index contributed by atoms with van der Waals surface area (Å²) >= 11 is 6.15. The van der Waals surface area contributed by atoms with Crippen LogP contribution in [0.1, 0.15) is 20.7 Å². The lowest BCUT2D eigenvalue weighted by atomic mass is 9.93. The predicted molar refractivity (Wildman–Crippen MR) is 112 cm³/mol. The molecule has 0 spiro atoms. The minimum absolute atomic E-state index is 0.0467. The van der Waals surface area contributed by atoms with Crippen molar-refractivity contribution in [2.45, 2.75) is 0 Å². The number of ether oxygens (including phenoxy) is 2. The zero-order valence-electron chi connectivity index (χ0n) is 15.7. The van der Waals surface area contributed by atoms with Gasteiger partial charge in [-0.2, -0.15) is 0 Å². The van der Waals surface area contributed by atoms with Crippen LogP contribution in [-0.4, -0.2) is 31.1 Å². The average Bonchev–Trinajstić information content (AvgIpc) is 2.76. The van der Waals surface area contributed by atoms with Crippen molar-refractivity contribution in [2.24, 2.45) is 0 Å². The van der Waals surface area contributed by atoms with Crippen molar-refractivity contribution in [3.8, 4) is 11.3 Å². The first-order chi connectivity index (χ1) is 14.0. The topological polar surface area (TPSA) is 65.5 Å². The van der Waals surface area contributed by atoms with E-state index in [0.717, 1.165) is 10.8 Å². The first-order valence-corrected chi connectivity index (χ1v) is 9.21. The zero-order valence-corrected chi connectivity index (χ0v) is 16.5. The molecule has 0 atom stereocenters. The number of nitrogens with zero attached hydrogens (tertiary/aromatic N) is 1. The summed E-state index contributed by atoms with van der Waals surface area (Å²) in [5.74, 6) is -1.32. The Morgan fingerprint density at radius 3 is 2.31 bits per heavy atom. The Labute approximate surface area is 171 Å². The van der Waals surface area contributed by atoms with Crippen molar-refractivity contribution in [3.05, 3.63) is 76.8 Å². The highest BCUT2D eigenvalue weighted by Gasteiger charge is 2.28. The molecule has 4 rings (SSSR count). The highest BCUT2D eigenvalue weighted by atomic mass is 35.5. The van der Waals surface area contributed by atoms with E-state index < -0.39 is 11.9 Å². The van der Waals surface area contributed by atoms with Gasteiger partial charge >= 0.3 is 11.9 Å². The Morgan fingerprint density at radius 1 is 0.862 bits per heavy atom. The van der Waals surface area contributed by atoms with Crippen LogP contribution in [0.4, 0.5) is 0 Å². The van der Waals surface area contributed by atoms with Crippen LogP contribution in [0, 0.1) is 0 Å². The SMILES string of the molecule is COC(=O)c1c(-c2cccc(Cl)c2)nc2ccc3ccccc3c2c1C(=O)OC. The van der Waals surface area contributed by atoms with Crippen LogP contribution >= 0.6 is 11.6 Å². The molecule has 0 saturated heterocycles. The normalized spacial score (nSPS) is 10.9. The molecule has 144 valence electrons. The number of hydrogen-bond acceptors (Lipinski definition) is 5. The van der Waals surface area contributed by atoms with E-state index in [4.69, 9.17) is 26.1 Å². The third kappa shape index (κ3) is 3.19. The summed E-state index contributed by atoms with van der Waals surface area (Å²) in [5, 5.41) is 2.73. The lowest BCUT2D eigenvalue weighted by Crippen LogP contribution is -2.15. The fourth-order valence-corrected chi connectivity index (χ4v) is 3.68. The molecule has 0 aliphatic heterocycles. The van der Waals surface area contributed by atoms with E-state index in [1.54, 1.807) is 24.3 Å².